The maximum absolute atomic E-state index is 14.3. The van der Waals surface area contributed by atoms with Crippen molar-refractivity contribution in [3.8, 4) is 11.5 Å². The van der Waals surface area contributed by atoms with Gasteiger partial charge in [0, 0.05) is 35.2 Å². The molecule has 0 radical (unpaired) electrons. The van der Waals surface area contributed by atoms with Crippen molar-refractivity contribution < 1.29 is 26.8 Å². The van der Waals surface area contributed by atoms with Crippen molar-refractivity contribution in [2.45, 2.75) is 18.2 Å². The fourth-order valence-electron chi connectivity index (χ4n) is 3.07. The summed E-state index contributed by atoms with van der Waals surface area (Å²) in [4.78, 5) is 14.7. The van der Waals surface area contributed by atoms with E-state index in [0.29, 0.717) is 6.41 Å². The molecule has 4 rings (SSSR count). The second-order valence-corrected chi connectivity index (χ2v) is 8.48. The summed E-state index contributed by atoms with van der Waals surface area (Å²) in [7, 11) is 2.16. The third-order valence-electron chi connectivity index (χ3n) is 4.90. The van der Waals surface area contributed by atoms with Gasteiger partial charge in [0.05, 0.1) is 6.54 Å². The Morgan fingerprint density at radius 1 is 1.21 bits per heavy atom. The number of carbonyl (C=O) groups excluding carboxylic acids is 1. The van der Waals surface area contributed by atoms with Crippen LogP contribution in [0.15, 0.2) is 46.9 Å². The van der Waals surface area contributed by atoms with Crippen molar-refractivity contribution >= 4 is 23.9 Å². The molecule has 0 unspecified atom stereocenters. The lowest BCUT2D eigenvalue weighted by Crippen LogP contribution is -2.45. The third kappa shape index (κ3) is 6.55. The van der Waals surface area contributed by atoms with Crippen LogP contribution in [0.1, 0.15) is 17.9 Å². The first kappa shape index (κ1) is 24.7. The number of carbonyl (C=O) groups is 1. The summed E-state index contributed by atoms with van der Waals surface area (Å²) in [6.45, 7) is 2.44. The van der Waals surface area contributed by atoms with Crippen molar-refractivity contribution in [2.75, 3.05) is 31.3 Å². The molecule has 1 fully saturated rings. The summed E-state index contributed by atoms with van der Waals surface area (Å²) < 4.78 is 57.3. The molecule has 1 aliphatic heterocycles. The van der Waals surface area contributed by atoms with Crippen LogP contribution >= 0.6 is 11.8 Å². The first-order valence-electron chi connectivity index (χ1n) is 9.90. The van der Waals surface area contributed by atoms with E-state index in [-0.39, 0.29) is 29.2 Å². The molecular formula is C22H22F4N4O2S. The summed E-state index contributed by atoms with van der Waals surface area (Å²) in [6.07, 6.45) is -0.292. The van der Waals surface area contributed by atoms with Gasteiger partial charge < -0.3 is 14.2 Å². The molecule has 0 aliphatic carbocycles. The second kappa shape index (κ2) is 11.3. The van der Waals surface area contributed by atoms with Crippen molar-refractivity contribution in [2.24, 2.45) is 0 Å². The average Bonchev–Trinajstić information content (AvgIpc) is 3.27. The zero-order chi connectivity index (χ0) is 24.0. The molecule has 1 aromatic heterocycles. The maximum Gasteiger partial charge on any atom is 0.314 e. The van der Waals surface area contributed by atoms with Gasteiger partial charge in [0.2, 0.25) is 12.3 Å². The molecule has 2 aromatic carbocycles. The minimum atomic E-state index is -2.92. The Morgan fingerprint density at radius 2 is 1.97 bits per heavy atom. The van der Waals surface area contributed by atoms with Gasteiger partial charge in [0.25, 0.3) is 5.89 Å². The van der Waals surface area contributed by atoms with Gasteiger partial charge in [-0.3, -0.25) is 4.79 Å². The Morgan fingerprint density at radius 3 is 2.48 bits per heavy atom. The normalized spacial score (nSPS) is 13.9. The highest BCUT2D eigenvalue weighted by atomic mass is 32.2. The molecule has 33 heavy (non-hydrogen) atoms. The van der Waals surface area contributed by atoms with E-state index in [0.717, 1.165) is 22.3 Å². The van der Waals surface area contributed by atoms with Gasteiger partial charge in [0.15, 0.2) is 0 Å². The van der Waals surface area contributed by atoms with Crippen molar-refractivity contribution in [3.05, 3.63) is 65.6 Å². The molecule has 6 nitrogen and oxygen atoms in total. The molecule has 0 spiro atoms. The second-order valence-electron chi connectivity index (χ2n) is 7.34. The summed E-state index contributed by atoms with van der Waals surface area (Å²) in [6, 6.07) is 9.09. The summed E-state index contributed by atoms with van der Waals surface area (Å²) in [5.41, 5.74) is 0.523. The molecule has 176 valence electrons. The zero-order valence-corrected chi connectivity index (χ0v) is 18.7. The fraction of sp³-hybridized carbons (Fsp3) is 0.318. The SMILES string of the molecule is CSC1CN(C)C1.O=CN(Cc1ccc(-c2nnc(C(F)F)o2)cc1F)c1cccc(F)c1. The van der Waals surface area contributed by atoms with Crippen LogP contribution in [0, 0.1) is 11.6 Å². The minimum absolute atomic E-state index is 0.119. The van der Waals surface area contributed by atoms with E-state index < -0.39 is 24.0 Å². The lowest BCUT2D eigenvalue weighted by atomic mass is 10.1. The van der Waals surface area contributed by atoms with E-state index in [4.69, 9.17) is 4.42 Å². The van der Waals surface area contributed by atoms with Crippen LogP contribution in [0.5, 0.6) is 0 Å². The van der Waals surface area contributed by atoms with E-state index in [9.17, 15) is 22.4 Å². The highest BCUT2D eigenvalue weighted by Gasteiger charge is 2.21. The summed E-state index contributed by atoms with van der Waals surface area (Å²) >= 11 is 1.97. The number of benzene rings is 2. The Kier molecular flexibility index (Phi) is 8.45. The molecule has 0 saturated carbocycles. The summed E-state index contributed by atoms with van der Waals surface area (Å²) in [5, 5.41) is 7.55. The van der Waals surface area contributed by atoms with Crippen LogP contribution in [-0.4, -0.2) is 53.2 Å². The number of nitrogens with zero attached hydrogens (tertiary/aromatic N) is 4. The van der Waals surface area contributed by atoms with E-state index in [2.05, 4.69) is 28.4 Å². The quantitative estimate of drug-likeness (QED) is 0.357. The van der Waals surface area contributed by atoms with Crippen LogP contribution in [0.3, 0.4) is 0 Å². The molecule has 11 heteroatoms. The van der Waals surface area contributed by atoms with Crippen LogP contribution in [0.2, 0.25) is 0 Å². The Balaban J connectivity index is 0.000000374. The first-order valence-corrected chi connectivity index (χ1v) is 11.2. The van der Waals surface area contributed by atoms with Crippen LogP contribution in [0.4, 0.5) is 23.2 Å². The fourth-order valence-corrected chi connectivity index (χ4v) is 3.87. The molecular weight excluding hydrogens is 460 g/mol. The van der Waals surface area contributed by atoms with E-state index in [1.54, 1.807) is 0 Å². The first-order chi connectivity index (χ1) is 15.8. The molecule has 0 bridgehead atoms. The molecule has 0 N–H and O–H groups in total. The number of thioether (sulfide) groups is 1. The minimum Gasteiger partial charge on any atom is -0.415 e. The van der Waals surface area contributed by atoms with Crippen LogP contribution in [0.25, 0.3) is 11.5 Å². The number of rotatable bonds is 7. The number of alkyl halides is 2. The molecule has 2 heterocycles. The molecule has 1 amide bonds. The number of aromatic nitrogens is 2. The van der Waals surface area contributed by atoms with Crippen molar-refractivity contribution in [1.82, 2.24) is 15.1 Å². The number of anilines is 1. The Bertz CT molecular complexity index is 1080. The number of hydrogen-bond donors (Lipinski definition) is 0. The monoisotopic (exact) mass is 482 g/mol. The van der Waals surface area contributed by atoms with Gasteiger partial charge in [-0.15, -0.1) is 10.2 Å². The molecule has 1 saturated heterocycles. The van der Waals surface area contributed by atoms with Crippen molar-refractivity contribution in [1.29, 1.82) is 0 Å². The topological polar surface area (TPSA) is 62.5 Å². The van der Waals surface area contributed by atoms with Gasteiger partial charge in [-0.2, -0.15) is 20.5 Å². The van der Waals surface area contributed by atoms with E-state index in [1.807, 2.05) is 11.8 Å². The molecule has 3 aromatic rings. The van der Waals surface area contributed by atoms with Gasteiger partial charge in [-0.1, -0.05) is 12.1 Å². The molecule has 0 atom stereocenters. The third-order valence-corrected chi connectivity index (χ3v) is 5.86. The van der Waals surface area contributed by atoms with Gasteiger partial charge in [-0.25, -0.2) is 8.78 Å². The standard InChI is InChI=1S/C17H11F4N3O2.C5H11NS/c18-12-2-1-3-13(7-12)24(9-25)8-11-5-4-10(6-14(11)19)16-22-23-17(26-16)15(20)21;1-6-3-5(4-6)7-2/h1-7,9,15H,8H2;5H,3-4H2,1-2H3. The number of likely N-dealkylation sites (tertiary alicyclic amines) is 1. The predicted octanol–water partition coefficient (Wildman–Crippen LogP) is 4.78. The molecule has 1 aliphatic rings. The lowest BCUT2D eigenvalue weighted by Gasteiger charge is -2.34. The maximum atomic E-state index is 14.3. The van der Waals surface area contributed by atoms with Gasteiger partial charge >= 0.3 is 6.43 Å². The number of amides is 1. The van der Waals surface area contributed by atoms with Crippen molar-refractivity contribution in [3.63, 3.8) is 0 Å². The van der Waals surface area contributed by atoms with E-state index >= 15 is 0 Å². The van der Waals surface area contributed by atoms with Gasteiger partial charge in [-0.05, 0) is 43.6 Å². The average molecular weight is 483 g/mol. The Labute approximate surface area is 192 Å². The Hall–Kier alpha value is -2.92. The highest BCUT2D eigenvalue weighted by Crippen LogP contribution is 2.26. The van der Waals surface area contributed by atoms with E-state index in [1.165, 1.54) is 43.4 Å². The smallest absolute Gasteiger partial charge is 0.314 e. The number of hydrogen-bond acceptors (Lipinski definition) is 6. The number of halogens is 4. The highest BCUT2D eigenvalue weighted by molar-refractivity contribution is 7.99. The van der Waals surface area contributed by atoms with Crippen LogP contribution < -0.4 is 4.90 Å². The lowest BCUT2D eigenvalue weighted by molar-refractivity contribution is -0.107. The summed E-state index contributed by atoms with van der Waals surface area (Å²) in [5.74, 6) is -2.34. The van der Waals surface area contributed by atoms with Gasteiger partial charge in [0.1, 0.15) is 11.6 Å². The van der Waals surface area contributed by atoms with Crippen LogP contribution in [-0.2, 0) is 11.3 Å². The zero-order valence-electron chi connectivity index (χ0n) is 17.9. The largest absolute Gasteiger partial charge is 0.415 e. The predicted molar refractivity (Wildman–Crippen MR) is 118 cm³/mol.